The van der Waals surface area contributed by atoms with Crippen LogP contribution in [0.4, 0.5) is 5.13 Å². The second-order valence-electron chi connectivity index (χ2n) is 4.68. The number of nitrogens with one attached hydrogen (secondary N) is 3. The molecule has 0 atom stereocenters. The number of carbonyl (C=O) groups is 1. The standard InChI is InChI=1S/C14H9N5O3S/c20-11(7-3-4-8-9(6-7)16-13(21)15-8)17-14-19-18-12(23-14)10-2-1-5-22-10/h1-6H,(H2,15,16,21)(H,17,19,20). The van der Waals surface area contributed by atoms with Gasteiger partial charge in [0.15, 0.2) is 10.8 Å². The molecule has 4 rings (SSSR count). The van der Waals surface area contributed by atoms with Gasteiger partial charge in [0.25, 0.3) is 5.91 Å². The Labute approximate surface area is 132 Å². The fourth-order valence-corrected chi connectivity index (χ4v) is 2.82. The van der Waals surface area contributed by atoms with Gasteiger partial charge in [0.05, 0.1) is 17.3 Å². The van der Waals surface area contributed by atoms with Crippen molar-refractivity contribution >= 4 is 33.4 Å². The second-order valence-corrected chi connectivity index (χ2v) is 5.66. The fourth-order valence-electron chi connectivity index (χ4n) is 2.12. The molecular formula is C14H9N5O3S. The first-order valence-corrected chi connectivity index (χ1v) is 7.41. The highest BCUT2D eigenvalue weighted by atomic mass is 32.1. The van der Waals surface area contributed by atoms with E-state index in [4.69, 9.17) is 4.42 Å². The average Bonchev–Trinajstić information content (AvgIpc) is 3.25. The van der Waals surface area contributed by atoms with E-state index in [1.54, 1.807) is 36.6 Å². The number of rotatable bonds is 3. The van der Waals surface area contributed by atoms with Gasteiger partial charge in [-0.2, -0.15) is 0 Å². The van der Waals surface area contributed by atoms with Gasteiger partial charge in [0.1, 0.15) is 0 Å². The van der Waals surface area contributed by atoms with Crippen molar-refractivity contribution in [3.05, 3.63) is 52.6 Å². The average molecular weight is 327 g/mol. The molecule has 3 heterocycles. The number of benzene rings is 1. The minimum absolute atomic E-state index is 0.315. The molecule has 114 valence electrons. The molecule has 0 radical (unpaired) electrons. The minimum Gasteiger partial charge on any atom is -0.462 e. The van der Waals surface area contributed by atoms with Gasteiger partial charge in [-0.3, -0.25) is 10.1 Å². The third-order valence-electron chi connectivity index (χ3n) is 3.16. The topological polar surface area (TPSA) is 117 Å². The highest BCUT2D eigenvalue weighted by Gasteiger charge is 2.13. The molecule has 0 bridgehead atoms. The number of aromatic nitrogens is 4. The van der Waals surface area contributed by atoms with E-state index >= 15 is 0 Å². The van der Waals surface area contributed by atoms with E-state index in [9.17, 15) is 9.59 Å². The molecule has 8 nitrogen and oxygen atoms in total. The zero-order valence-corrected chi connectivity index (χ0v) is 12.3. The first-order chi connectivity index (χ1) is 11.2. The van der Waals surface area contributed by atoms with Crippen LogP contribution in [-0.2, 0) is 0 Å². The van der Waals surface area contributed by atoms with E-state index in [1.165, 1.54) is 11.3 Å². The van der Waals surface area contributed by atoms with Gasteiger partial charge in [-0.05, 0) is 30.3 Å². The second kappa shape index (κ2) is 5.21. The molecule has 0 spiro atoms. The van der Waals surface area contributed by atoms with Crippen molar-refractivity contribution in [1.29, 1.82) is 0 Å². The molecule has 0 saturated heterocycles. The number of amides is 1. The van der Waals surface area contributed by atoms with Crippen LogP contribution in [0.3, 0.4) is 0 Å². The number of hydrogen-bond donors (Lipinski definition) is 3. The molecule has 23 heavy (non-hydrogen) atoms. The summed E-state index contributed by atoms with van der Waals surface area (Å²) in [4.78, 5) is 28.7. The molecule has 3 N–H and O–H groups in total. The predicted molar refractivity (Wildman–Crippen MR) is 84.5 cm³/mol. The Morgan fingerprint density at radius 2 is 2.04 bits per heavy atom. The van der Waals surface area contributed by atoms with E-state index < -0.39 is 0 Å². The maximum atomic E-state index is 12.3. The molecule has 4 aromatic rings. The number of fused-ring (bicyclic) bond motifs is 1. The Hall–Kier alpha value is -3.20. The van der Waals surface area contributed by atoms with E-state index in [0.717, 1.165) is 0 Å². The molecule has 9 heteroatoms. The number of imidazole rings is 1. The third-order valence-corrected chi connectivity index (χ3v) is 4.01. The predicted octanol–water partition coefficient (Wildman–Crippen LogP) is 2.22. The van der Waals surface area contributed by atoms with Crippen molar-refractivity contribution in [3.8, 4) is 10.8 Å². The summed E-state index contributed by atoms with van der Waals surface area (Å²) in [7, 11) is 0. The maximum Gasteiger partial charge on any atom is 0.323 e. The molecule has 0 unspecified atom stereocenters. The summed E-state index contributed by atoms with van der Waals surface area (Å²) in [5.41, 5.74) is 1.30. The van der Waals surface area contributed by atoms with Crippen LogP contribution in [0.15, 0.2) is 45.8 Å². The van der Waals surface area contributed by atoms with Crippen LogP contribution in [0.2, 0.25) is 0 Å². The summed E-state index contributed by atoms with van der Waals surface area (Å²) in [6.45, 7) is 0. The van der Waals surface area contributed by atoms with Gasteiger partial charge in [-0.15, -0.1) is 10.2 Å². The minimum atomic E-state index is -0.337. The number of H-pyrrole nitrogens is 2. The quantitative estimate of drug-likeness (QED) is 0.533. The fraction of sp³-hybridized carbons (Fsp3) is 0. The molecule has 1 amide bonds. The van der Waals surface area contributed by atoms with E-state index in [2.05, 4.69) is 25.5 Å². The SMILES string of the molecule is O=C(Nc1nnc(-c2ccco2)s1)c1ccc2[nH]c(=O)[nH]c2c1. The van der Waals surface area contributed by atoms with Crippen LogP contribution in [0, 0.1) is 0 Å². The van der Waals surface area contributed by atoms with Gasteiger partial charge in [0.2, 0.25) is 5.13 Å². The number of carbonyl (C=O) groups excluding carboxylic acids is 1. The van der Waals surface area contributed by atoms with E-state index in [0.29, 0.717) is 32.5 Å². The third kappa shape index (κ3) is 2.53. The number of furan rings is 1. The Morgan fingerprint density at radius 1 is 1.17 bits per heavy atom. The zero-order valence-electron chi connectivity index (χ0n) is 11.5. The molecular weight excluding hydrogens is 318 g/mol. The summed E-state index contributed by atoms with van der Waals surface area (Å²) in [5.74, 6) is 0.255. The zero-order chi connectivity index (χ0) is 15.8. The van der Waals surface area contributed by atoms with Gasteiger partial charge in [0, 0.05) is 5.56 Å². The molecule has 0 fully saturated rings. The Bertz CT molecular complexity index is 1040. The summed E-state index contributed by atoms with van der Waals surface area (Å²) >= 11 is 1.21. The molecule has 3 aromatic heterocycles. The lowest BCUT2D eigenvalue weighted by Gasteiger charge is -2.00. The van der Waals surface area contributed by atoms with Crippen molar-refractivity contribution in [2.45, 2.75) is 0 Å². The van der Waals surface area contributed by atoms with Crippen molar-refractivity contribution in [2.75, 3.05) is 5.32 Å². The van der Waals surface area contributed by atoms with Crippen LogP contribution in [0.25, 0.3) is 21.8 Å². The lowest BCUT2D eigenvalue weighted by Crippen LogP contribution is -2.11. The van der Waals surface area contributed by atoms with Crippen LogP contribution in [0.1, 0.15) is 10.4 Å². The van der Waals surface area contributed by atoms with Gasteiger partial charge < -0.3 is 14.4 Å². The lowest BCUT2D eigenvalue weighted by molar-refractivity contribution is 0.102. The first kappa shape index (κ1) is 13.5. The van der Waals surface area contributed by atoms with Crippen molar-refractivity contribution in [3.63, 3.8) is 0 Å². The van der Waals surface area contributed by atoms with Crippen LogP contribution < -0.4 is 11.0 Å². The van der Waals surface area contributed by atoms with Crippen molar-refractivity contribution < 1.29 is 9.21 Å². The van der Waals surface area contributed by atoms with E-state index in [-0.39, 0.29) is 11.6 Å². The van der Waals surface area contributed by atoms with Gasteiger partial charge in [-0.1, -0.05) is 11.3 Å². The molecule has 0 aliphatic carbocycles. The Balaban J connectivity index is 1.58. The molecule has 0 saturated carbocycles. The van der Waals surface area contributed by atoms with Crippen LogP contribution in [0.5, 0.6) is 0 Å². The normalized spacial score (nSPS) is 11.0. The van der Waals surface area contributed by atoms with Gasteiger partial charge >= 0.3 is 5.69 Å². The monoisotopic (exact) mass is 327 g/mol. The number of anilines is 1. The van der Waals surface area contributed by atoms with Crippen molar-refractivity contribution in [1.82, 2.24) is 20.2 Å². The smallest absolute Gasteiger partial charge is 0.323 e. The number of aromatic amines is 2. The Morgan fingerprint density at radius 3 is 2.87 bits per heavy atom. The largest absolute Gasteiger partial charge is 0.462 e. The summed E-state index contributed by atoms with van der Waals surface area (Å²) in [6.07, 6.45) is 1.54. The molecule has 0 aliphatic rings. The summed E-state index contributed by atoms with van der Waals surface area (Å²) in [6, 6.07) is 8.40. The number of nitrogens with zero attached hydrogens (tertiary/aromatic N) is 2. The summed E-state index contributed by atoms with van der Waals surface area (Å²) < 4.78 is 5.23. The van der Waals surface area contributed by atoms with E-state index in [1.807, 2.05) is 0 Å². The summed E-state index contributed by atoms with van der Waals surface area (Å²) in [5, 5.41) is 11.5. The Kier molecular flexibility index (Phi) is 3.05. The first-order valence-electron chi connectivity index (χ1n) is 6.60. The molecule has 1 aromatic carbocycles. The number of hydrogen-bond acceptors (Lipinski definition) is 6. The van der Waals surface area contributed by atoms with Crippen LogP contribution >= 0.6 is 11.3 Å². The van der Waals surface area contributed by atoms with Crippen LogP contribution in [-0.4, -0.2) is 26.1 Å². The van der Waals surface area contributed by atoms with Crippen molar-refractivity contribution in [2.24, 2.45) is 0 Å². The molecule has 0 aliphatic heterocycles. The highest BCUT2D eigenvalue weighted by Crippen LogP contribution is 2.26. The lowest BCUT2D eigenvalue weighted by atomic mass is 10.2. The maximum absolute atomic E-state index is 12.3. The van der Waals surface area contributed by atoms with Gasteiger partial charge in [-0.25, -0.2) is 4.79 Å². The highest BCUT2D eigenvalue weighted by molar-refractivity contribution is 7.18.